The number of anilines is 1. The van der Waals surface area contributed by atoms with E-state index in [1.54, 1.807) is 0 Å². The molecular formula is C14H9N3O5. The molecular weight excluding hydrogens is 290 g/mol. The molecule has 1 aromatic rings. The van der Waals surface area contributed by atoms with Crippen LogP contribution in [0.15, 0.2) is 33.5 Å². The van der Waals surface area contributed by atoms with Crippen LogP contribution in [0.5, 0.6) is 0 Å². The highest BCUT2D eigenvalue weighted by Gasteiger charge is 2.23. The van der Waals surface area contributed by atoms with Gasteiger partial charge in [-0.25, -0.2) is 9.78 Å². The highest BCUT2D eigenvalue weighted by atomic mass is 16.4. The lowest BCUT2D eigenvalue weighted by molar-refractivity contribution is 0.0696. The number of carboxylic acid groups (broad SMARTS) is 1. The first-order valence-electron chi connectivity index (χ1n) is 6.08. The van der Waals surface area contributed by atoms with Gasteiger partial charge in [0, 0.05) is 6.07 Å². The van der Waals surface area contributed by atoms with E-state index in [9.17, 15) is 14.4 Å². The third-order valence-electron chi connectivity index (χ3n) is 3.17. The number of fused-ring (bicyclic) bond motifs is 2. The fourth-order valence-corrected chi connectivity index (χ4v) is 2.14. The van der Waals surface area contributed by atoms with E-state index in [0.29, 0.717) is 0 Å². The molecule has 8 heteroatoms. The minimum atomic E-state index is -1.13. The number of carboxylic acids is 1. The van der Waals surface area contributed by atoms with Gasteiger partial charge in [-0.3, -0.25) is 9.59 Å². The second-order valence-electron chi connectivity index (χ2n) is 4.58. The van der Waals surface area contributed by atoms with Crippen LogP contribution in [-0.4, -0.2) is 22.0 Å². The summed E-state index contributed by atoms with van der Waals surface area (Å²) in [7, 11) is 0. The highest BCUT2D eigenvalue weighted by Crippen LogP contribution is 2.29. The quantitative estimate of drug-likeness (QED) is 0.465. The topological polar surface area (TPSA) is 150 Å². The second kappa shape index (κ2) is 4.55. The van der Waals surface area contributed by atoms with Crippen molar-refractivity contribution in [2.24, 2.45) is 5.73 Å². The number of hydrogen-bond donors (Lipinski definition) is 3. The van der Waals surface area contributed by atoms with Gasteiger partial charge in [0.25, 0.3) is 5.91 Å². The molecule has 8 nitrogen and oxygen atoms in total. The van der Waals surface area contributed by atoms with Gasteiger partial charge in [-0.05, 0) is 18.2 Å². The van der Waals surface area contributed by atoms with Gasteiger partial charge in [0.15, 0.2) is 11.3 Å². The van der Waals surface area contributed by atoms with Gasteiger partial charge in [0.1, 0.15) is 11.2 Å². The maximum atomic E-state index is 11.7. The van der Waals surface area contributed by atoms with Crippen molar-refractivity contribution in [1.29, 1.82) is 0 Å². The third kappa shape index (κ3) is 1.94. The molecule has 1 aromatic carbocycles. The summed E-state index contributed by atoms with van der Waals surface area (Å²) in [5, 5.41) is 8.99. The zero-order valence-corrected chi connectivity index (χ0v) is 11.0. The predicted molar refractivity (Wildman–Crippen MR) is 76.8 cm³/mol. The van der Waals surface area contributed by atoms with Crippen LogP contribution >= 0.6 is 0 Å². The predicted octanol–water partition coefficient (Wildman–Crippen LogP) is 0.672. The molecule has 3 rings (SSSR count). The summed E-state index contributed by atoms with van der Waals surface area (Å²) in [6.45, 7) is 0. The number of primary amides is 1. The van der Waals surface area contributed by atoms with Crippen LogP contribution in [-0.2, 0) is 0 Å². The fourth-order valence-electron chi connectivity index (χ4n) is 2.14. The summed E-state index contributed by atoms with van der Waals surface area (Å²) in [6.07, 6.45) is 0. The molecule has 2 aliphatic rings. The Kier molecular flexibility index (Phi) is 2.81. The smallest absolute Gasteiger partial charge is 0.335 e. The Morgan fingerprint density at radius 3 is 2.59 bits per heavy atom. The molecule has 22 heavy (non-hydrogen) atoms. The lowest BCUT2D eigenvalue weighted by Crippen LogP contribution is -2.21. The monoisotopic (exact) mass is 299 g/mol. The molecule has 0 aromatic heterocycles. The van der Waals surface area contributed by atoms with E-state index in [4.69, 9.17) is 21.0 Å². The molecule has 0 saturated carbocycles. The maximum Gasteiger partial charge on any atom is 0.335 e. The Bertz CT molecular complexity index is 976. The third-order valence-corrected chi connectivity index (χ3v) is 3.17. The van der Waals surface area contributed by atoms with Gasteiger partial charge in [-0.15, -0.1) is 0 Å². The van der Waals surface area contributed by atoms with Crippen molar-refractivity contribution in [1.82, 2.24) is 4.98 Å². The highest BCUT2D eigenvalue weighted by molar-refractivity contribution is 6.04. The number of nitrogens with zero attached hydrogens (tertiary/aromatic N) is 1. The average molecular weight is 299 g/mol. The summed E-state index contributed by atoms with van der Waals surface area (Å²) < 4.78 is 5.49. The lowest BCUT2D eigenvalue weighted by atomic mass is 10.1. The molecule has 0 spiro atoms. The number of hydrogen-bond acceptors (Lipinski definition) is 6. The molecule has 0 fully saturated rings. The molecule has 1 aliphatic carbocycles. The molecule has 0 bridgehead atoms. The number of nitrogens with two attached hydrogens (primary N) is 2. The summed E-state index contributed by atoms with van der Waals surface area (Å²) in [6, 6.07) is 5.14. The van der Waals surface area contributed by atoms with Crippen LogP contribution < -0.4 is 16.9 Å². The number of carbonyl (C=O) groups excluding carboxylic acids is 1. The van der Waals surface area contributed by atoms with Crippen LogP contribution in [0.2, 0.25) is 0 Å². The average Bonchev–Trinajstić information content (AvgIpc) is 2.45. The Labute approximate surface area is 122 Å². The number of amides is 1. The molecule has 0 radical (unpaired) electrons. The molecule has 0 unspecified atom stereocenters. The van der Waals surface area contributed by atoms with E-state index in [-0.39, 0.29) is 39.4 Å². The maximum absolute atomic E-state index is 11.7. The molecule has 110 valence electrons. The summed E-state index contributed by atoms with van der Waals surface area (Å²) in [5.74, 6) is -2.01. The summed E-state index contributed by atoms with van der Waals surface area (Å²) >= 11 is 0. The zero-order valence-electron chi connectivity index (χ0n) is 11.0. The van der Waals surface area contributed by atoms with Crippen LogP contribution in [0.1, 0.15) is 20.7 Å². The van der Waals surface area contributed by atoms with E-state index in [2.05, 4.69) is 4.98 Å². The molecule has 0 saturated heterocycles. The number of aromatic carboxylic acids is 1. The van der Waals surface area contributed by atoms with Gasteiger partial charge >= 0.3 is 5.97 Å². The van der Waals surface area contributed by atoms with Gasteiger partial charge in [-0.2, -0.15) is 0 Å². The normalized spacial score (nSPS) is 10.9. The Hall–Kier alpha value is -3.42. The number of nitrogen functional groups attached to an aromatic ring is 1. The van der Waals surface area contributed by atoms with E-state index in [1.807, 2.05) is 0 Å². The van der Waals surface area contributed by atoms with Crippen molar-refractivity contribution in [2.75, 3.05) is 5.73 Å². The van der Waals surface area contributed by atoms with Crippen molar-refractivity contribution >= 4 is 28.7 Å². The van der Waals surface area contributed by atoms with Crippen molar-refractivity contribution in [3.8, 4) is 11.5 Å². The number of rotatable bonds is 2. The van der Waals surface area contributed by atoms with Crippen LogP contribution in [0.4, 0.5) is 5.69 Å². The molecule has 0 atom stereocenters. The fraction of sp³-hybridized carbons (Fsp3) is 0. The lowest BCUT2D eigenvalue weighted by Gasteiger charge is -2.11. The van der Waals surface area contributed by atoms with E-state index in [0.717, 1.165) is 6.07 Å². The van der Waals surface area contributed by atoms with Gasteiger partial charge in [-0.1, -0.05) is 0 Å². The Morgan fingerprint density at radius 1 is 1.23 bits per heavy atom. The van der Waals surface area contributed by atoms with Crippen LogP contribution in [0.25, 0.3) is 22.6 Å². The van der Waals surface area contributed by atoms with Gasteiger partial charge in [0.05, 0.1) is 16.8 Å². The Morgan fingerprint density at radius 2 is 1.95 bits per heavy atom. The Balaban J connectivity index is 2.45. The van der Waals surface area contributed by atoms with E-state index >= 15 is 0 Å². The molecule has 5 N–H and O–H groups in total. The standard InChI is InChI=1S/C14H9N3O5/c15-11-7(18)4-9-12(10(11)13(16)19)17-6-3-5(14(20)21)1-2-8(6)22-9/h1-4H,15H2,(H2,16,19)(H,20,21). The second-order valence-corrected chi connectivity index (χ2v) is 4.58. The first kappa shape index (κ1) is 13.6. The zero-order chi connectivity index (χ0) is 16.0. The molecule has 1 heterocycles. The van der Waals surface area contributed by atoms with Gasteiger partial charge in [0.2, 0.25) is 5.43 Å². The minimum Gasteiger partial charge on any atom is -0.478 e. The molecule has 1 amide bonds. The van der Waals surface area contributed by atoms with Crippen LogP contribution in [0, 0.1) is 0 Å². The summed E-state index contributed by atoms with van der Waals surface area (Å²) in [4.78, 5) is 38.4. The number of aromatic nitrogens is 1. The molecule has 1 aliphatic heterocycles. The van der Waals surface area contributed by atoms with E-state index < -0.39 is 17.3 Å². The summed E-state index contributed by atoms with van der Waals surface area (Å²) in [5.41, 5.74) is 10.1. The van der Waals surface area contributed by atoms with Crippen LogP contribution in [0.3, 0.4) is 0 Å². The first-order chi connectivity index (χ1) is 10.4. The van der Waals surface area contributed by atoms with Gasteiger partial charge < -0.3 is 21.0 Å². The van der Waals surface area contributed by atoms with Crippen molar-refractivity contribution in [3.05, 3.63) is 45.6 Å². The minimum absolute atomic E-state index is 0.00333. The van der Waals surface area contributed by atoms with Crippen molar-refractivity contribution in [3.63, 3.8) is 0 Å². The first-order valence-corrected chi connectivity index (χ1v) is 6.08. The number of benzene rings is 2. The van der Waals surface area contributed by atoms with Crippen molar-refractivity contribution in [2.45, 2.75) is 0 Å². The number of carbonyl (C=O) groups is 2. The SMILES string of the molecule is NC(=O)c1c2nc3cc(C(=O)O)ccc3oc-2cc(=O)c1N. The van der Waals surface area contributed by atoms with Crippen molar-refractivity contribution < 1.29 is 19.1 Å². The van der Waals surface area contributed by atoms with E-state index in [1.165, 1.54) is 18.2 Å². The largest absolute Gasteiger partial charge is 0.478 e.